The van der Waals surface area contributed by atoms with E-state index in [1.54, 1.807) is 27.7 Å². The quantitative estimate of drug-likeness (QED) is 0.0501. The molecule has 0 aliphatic heterocycles. The minimum Gasteiger partial charge on any atom is -0.480 e. The lowest BCUT2D eigenvalue weighted by molar-refractivity contribution is -0.143. The summed E-state index contributed by atoms with van der Waals surface area (Å²) in [6.07, 6.45) is -2.36. The minimum atomic E-state index is -1.73. The van der Waals surface area contributed by atoms with Crippen LogP contribution in [0.4, 0.5) is 0 Å². The SMILES string of the molecule is CC(C)C[C@H](NC(=O)[C@@H](NC(=O)[C@H](CO)NC(=O)[C@H](C)NC(=O)[C@@H](N)C(C)C)[C@@H](C)O)C(=O)N[C@@H](CCC(N)=O)C(=O)N[C@@H](CO)C(=O)O. The molecule has 0 aliphatic rings. The van der Waals surface area contributed by atoms with E-state index < -0.39 is 115 Å². The van der Waals surface area contributed by atoms with Gasteiger partial charge in [-0.25, -0.2) is 4.79 Å². The first-order valence-electron chi connectivity index (χ1n) is 15.6. The van der Waals surface area contributed by atoms with Crippen LogP contribution >= 0.6 is 0 Å². The standard InChI is InChI=1S/C29H52N8O12/c1-12(2)9-17(25(44)33-16(7-8-20(30)41)24(43)36-19(11-39)29(48)49)34-28(47)22(15(6)40)37-26(45)18(10-38)35-23(42)14(5)32-27(46)21(31)13(3)4/h12-19,21-22,38-40H,7-11,31H2,1-6H3,(H2,30,41)(H,32,46)(H,33,44)(H,34,47)(H,35,42)(H,36,43)(H,37,45)(H,48,49)/t14-,15+,16-,17-,18-,19-,21-,22-/m0/s1. The van der Waals surface area contributed by atoms with Crippen LogP contribution in [0.1, 0.15) is 60.8 Å². The van der Waals surface area contributed by atoms with Crippen LogP contribution in [0.15, 0.2) is 0 Å². The number of amides is 7. The highest BCUT2D eigenvalue weighted by Crippen LogP contribution is 2.09. The number of carboxylic acid groups (broad SMARTS) is 1. The molecule has 20 nitrogen and oxygen atoms in total. The van der Waals surface area contributed by atoms with Crippen molar-refractivity contribution in [1.29, 1.82) is 0 Å². The number of carbonyl (C=O) groups is 8. The maximum Gasteiger partial charge on any atom is 0.328 e. The molecule has 20 heteroatoms. The van der Waals surface area contributed by atoms with E-state index in [2.05, 4.69) is 26.6 Å². The van der Waals surface area contributed by atoms with Crippen molar-refractivity contribution in [2.24, 2.45) is 23.3 Å². The van der Waals surface area contributed by atoms with Crippen LogP contribution < -0.4 is 43.4 Å². The second-order valence-electron chi connectivity index (χ2n) is 12.3. The molecule has 0 saturated heterocycles. The molecule has 0 aromatic heterocycles. The summed E-state index contributed by atoms with van der Waals surface area (Å²) in [5, 5.41) is 52.1. The van der Waals surface area contributed by atoms with Crippen molar-refractivity contribution in [1.82, 2.24) is 31.9 Å². The van der Waals surface area contributed by atoms with Crippen molar-refractivity contribution in [2.75, 3.05) is 13.2 Å². The molecule has 0 heterocycles. The Morgan fingerprint density at radius 1 is 0.612 bits per heavy atom. The molecule has 280 valence electrons. The zero-order valence-electron chi connectivity index (χ0n) is 28.5. The third-order valence-electron chi connectivity index (χ3n) is 7.10. The maximum atomic E-state index is 13.3. The maximum absolute atomic E-state index is 13.3. The van der Waals surface area contributed by atoms with Crippen LogP contribution in [-0.2, 0) is 38.4 Å². The van der Waals surface area contributed by atoms with Crippen LogP contribution in [0, 0.1) is 11.8 Å². The van der Waals surface area contributed by atoms with E-state index in [9.17, 15) is 53.7 Å². The molecule has 0 saturated carbocycles. The Morgan fingerprint density at radius 2 is 1.08 bits per heavy atom. The number of primary amides is 1. The predicted molar refractivity (Wildman–Crippen MR) is 171 cm³/mol. The Kier molecular flexibility index (Phi) is 19.6. The summed E-state index contributed by atoms with van der Waals surface area (Å²) < 4.78 is 0. The summed E-state index contributed by atoms with van der Waals surface area (Å²) in [7, 11) is 0. The van der Waals surface area contributed by atoms with Crippen molar-refractivity contribution < 1.29 is 58.8 Å². The predicted octanol–water partition coefficient (Wildman–Crippen LogP) is -5.34. The van der Waals surface area contributed by atoms with Crippen molar-refractivity contribution >= 4 is 47.3 Å². The van der Waals surface area contributed by atoms with Gasteiger partial charge in [-0.2, -0.15) is 0 Å². The van der Waals surface area contributed by atoms with E-state index in [4.69, 9.17) is 16.6 Å². The van der Waals surface area contributed by atoms with E-state index >= 15 is 0 Å². The molecule has 0 unspecified atom stereocenters. The van der Waals surface area contributed by atoms with Crippen molar-refractivity contribution in [3.63, 3.8) is 0 Å². The third kappa shape index (κ3) is 16.0. The van der Waals surface area contributed by atoms with Crippen LogP contribution in [0.3, 0.4) is 0 Å². The van der Waals surface area contributed by atoms with Gasteiger partial charge in [0.1, 0.15) is 36.3 Å². The van der Waals surface area contributed by atoms with Crippen molar-refractivity contribution in [2.45, 2.75) is 109 Å². The molecule has 0 bridgehead atoms. The number of aliphatic carboxylic acids is 1. The van der Waals surface area contributed by atoms with E-state index in [0.717, 1.165) is 6.92 Å². The molecule has 0 aliphatic carbocycles. The lowest BCUT2D eigenvalue weighted by atomic mass is 10.0. The summed E-state index contributed by atoms with van der Waals surface area (Å²) in [5.74, 6) is -8.55. The fraction of sp³-hybridized carbons (Fsp3) is 0.724. The van der Waals surface area contributed by atoms with Gasteiger partial charge >= 0.3 is 5.97 Å². The number of aliphatic hydroxyl groups is 3. The number of carbonyl (C=O) groups excluding carboxylic acids is 7. The average Bonchev–Trinajstić information content (AvgIpc) is 3.00. The summed E-state index contributed by atoms with van der Waals surface area (Å²) in [6.45, 7) is 7.35. The number of nitrogens with two attached hydrogens (primary N) is 2. The highest BCUT2D eigenvalue weighted by molar-refractivity contribution is 5.97. The summed E-state index contributed by atoms with van der Waals surface area (Å²) >= 11 is 0. The summed E-state index contributed by atoms with van der Waals surface area (Å²) in [4.78, 5) is 99.8. The van der Waals surface area contributed by atoms with E-state index in [0.29, 0.717) is 0 Å². The molecule has 0 aromatic carbocycles. The Bertz CT molecular complexity index is 1180. The Balaban J connectivity index is 5.88. The first-order valence-corrected chi connectivity index (χ1v) is 15.6. The molecule has 14 N–H and O–H groups in total. The van der Waals surface area contributed by atoms with Crippen LogP contribution in [0.25, 0.3) is 0 Å². The normalized spacial score (nSPS) is 16.1. The summed E-state index contributed by atoms with van der Waals surface area (Å²) in [5.41, 5.74) is 10.9. The first kappa shape index (κ1) is 44.6. The fourth-order valence-corrected chi connectivity index (χ4v) is 4.08. The molecule has 49 heavy (non-hydrogen) atoms. The zero-order valence-corrected chi connectivity index (χ0v) is 28.5. The Labute approximate surface area is 283 Å². The first-order chi connectivity index (χ1) is 22.7. The van der Waals surface area contributed by atoms with Gasteiger partial charge in [0.2, 0.25) is 41.4 Å². The Hall–Kier alpha value is -4.40. The van der Waals surface area contributed by atoms with Crippen molar-refractivity contribution in [3.8, 4) is 0 Å². The largest absolute Gasteiger partial charge is 0.480 e. The van der Waals surface area contributed by atoms with E-state index in [1.165, 1.54) is 6.92 Å². The second-order valence-corrected chi connectivity index (χ2v) is 12.3. The van der Waals surface area contributed by atoms with Crippen LogP contribution in [0.2, 0.25) is 0 Å². The number of aliphatic hydroxyl groups excluding tert-OH is 3. The van der Waals surface area contributed by atoms with Gasteiger partial charge < -0.3 is 63.8 Å². The molecule has 0 fully saturated rings. The van der Waals surface area contributed by atoms with Gasteiger partial charge in [0.15, 0.2) is 0 Å². The van der Waals surface area contributed by atoms with Gasteiger partial charge in [-0.3, -0.25) is 33.6 Å². The molecular weight excluding hydrogens is 652 g/mol. The molecule has 0 aromatic rings. The molecule has 0 spiro atoms. The second kappa shape index (κ2) is 21.5. The monoisotopic (exact) mass is 704 g/mol. The highest BCUT2D eigenvalue weighted by atomic mass is 16.4. The van der Waals surface area contributed by atoms with Gasteiger partial charge in [0.25, 0.3) is 0 Å². The van der Waals surface area contributed by atoms with Crippen LogP contribution in [0.5, 0.6) is 0 Å². The third-order valence-corrected chi connectivity index (χ3v) is 7.10. The lowest BCUT2D eigenvalue weighted by Gasteiger charge is -2.28. The van der Waals surface area contributed by atoms with Crippen LogP contribution in [-0.4, -0.2) is 129 Å². The highest BCUT2D eigenvalue weighted by Gasteiger charge is 2.35. The number of hydrogen-bond donors (Lipinski definition) is 12. The van der Waals surface area contributed by atoms with Gasteiger partial charge in [-0.1, -0.05) is 27.7 Å². The fourth-order valence-electron chi connectivity index (χ4n) is 4.08. The number of carboxylic acids is 1. The average molecular weight is 705 g/mol. The molecule has 0 radical (unpaired) electrons. The van der Waals surface area contributed by atoms with E-state index in [-0.39, 0.29) is 24.7 Å². The topological polar surface area (TPSA) is 342 Å². The van der Waals surface area contributed by atoms with Gasteiger partial charge in [0.05, 0.1) is 25.4 Å². The molecular formula is C29H52N8O12. The smallest absolute Gasteiger partial charge is 0.328 e. The van der Waals surface area contributed by atoms with Gasteiger partial charge in [-0.05, 0) is 38.5 Å². The van der Waals surface area contributed by atoms with Crippen molar-refractivity contribution in [3.05, 3.63) is 0 Å². The van der Waals surface area contributed by atoms with E-state index in [1.807, 2.05) is 5.32 Å². The number of nitrogens with one attached hydrogen (secondary N) is 6. The number of hydrogen-bond acceptors (Lipinski definition) is 12. The zero-order chi connectivity index (χ0) is 38.2. The molecule has 0 rings (SSSR count). The Morgan fingerprint density at radius 3 is 1.53 bits per heavy atom. The van der Waals surface area contributed by atoms with Gasteiger partial charge in [-0.15, -0.1) is 0 Å². The van der Waals surface area contributed by atoms with Gasteiger partial charge in [0, 0.05) is 6.42 Å². The lowest BCUT2D eigenvalue weighted by Crippen LogP contribution is -2.62. The summed E-state index contributed by atoms with van der Waals surface area (Å²) in [6, 6.07) is -10.1. The molecule has 8 atom stereocenters. The number of rotatable bonds is 22. The minimum absolute atomic E-state index is 0.0317. The molecule has 7 amide bonds.